The van der Waals surface area contributed by atoms with Gasteiger partial charge in [-0.15, -0.1) is 0 Å². The first kappa shape index (κ1) is 21.0. The Kier molecular flexibility index (Phi) is 8.08. The molecular formula is C20H25FN4O3. The quantitative estimate of drug-likeness (QED) is 0.478. The van der Waals surface area contributed by atoms with Gasteiger partial charge in [-0.1, -0.05) is 6.07 Å². The van der Waals surface area contributed by atoms with Gasteiger partial charge in [-0.2, -0.15) is 0 Å². The number of rotatable bonds is 8. The number of hydrogen-bond acceptors (Lipinski definition) is 4. The van der Waals surface area contributed by atoms with Crippen molar-refractivity contribution in [1.29, 1.82) is 0 Å². The lowest BCUT2D eigenvalue weighted by molar-refractivity contribution is -0.115. The van der Waals surface area contributed by atoms with Gasteiger partial charge in [-0.25, -0.2) is 4.39 Å². The third-order valence-electron chi connectivity index (χ3n) is 3.70. The predicted molar refractivity (Wildman–Crippen MR) is 107 cm³/mol. The van der Waals surface area contributed by atoms with Crippen molar-refractivity contribution in [2.24, 2.45) is 4.99 Å². The third kappa shape index (κ3) is 7.14. The van der Waals surface area contributed by atoms with Crippen LogP contribution in [0.2, 0.25) is 0 Å². The van der Waals surface area contributed by atoms with E-state index in [0.29, 0.717) is 23.9 Å². The molecule has 28 heavy (non-hydrogen) atoms. The van der Waals surface area contributed by atoms with Crippen LogP contribution in [0, 0.1) is 5.82 Å². The Bertz CT molecular complexity index is 796. The van der Waals surface area contributed by atoms with Gasteiger partial charge in [0, 0.05) is 18.8 Å². The van der Waals surface area contributed by atoms with Crippen molar-refractivity contribution in [3.63, 3.8) is 0 Å². The van der Waals surface area contributed by atoms with Crippen LogP contribution >= 0.6 is 0 Å². The van der Waals surface area contributed by atoms with Crippen molar-refractivity contribution in [1.82, 2.24) is 10.6 Å². The second-order valence-corrected chi connectivity index (χ2v) is 5.97. The number of hydrogen-bond donors (Lipinski definition) is 3. The summed E-state index contributed by atoms with van der Waals surface area (Å²) in [7, 11) is 3.22. The fraction of sp³-hybridized carbons (Fsp3) is 0.300. The molecule has 2 aromatic carbocycles. The van der Waals surface area contributed by atoms with Crippen LogP contribution in [0.25, 0.3) is 0 Å². The molecular weight excluding hydrogens is 363 g/mol. The number of guanidine groups is 1. The van der Waals surface area contributed by atoms with Gasteiger partial charge in [-0.05, 0) is 43.3 Å². The Labute approximate surface area is 164 Å². The van der Waals surface area contributed by atoms with Gasteiger partial charge in [-0.3, -0.25) is 9.79 Å². The maximum Gasteiger partial charge on any atom is 0.243 e. The molecule has 7 nitrogen and oxygen atoms in total. The summed E-state index contributed by atoms with van der Waals surface area (Å²) in [5, 5.41) is 8.68. The third-order valence-corrected chi connectivity index (χ3v) is 3.70. The minimum atomic E-state index is -0.356. The molecule has 0 aliphatic heterocycles. The van der Waals surface area contributed by atoms with Gasteiger partial charge < -0.3 is 25.4 Å². The highest BCUT2D eigenvalue weighted by molar-refractivity contribution is 5.94. The fourth-order valence-electron chi connectivity index (χ4n) is 2.31. The van der Waals surface area contributed by atoms with Crippen LogP contribution in [0.1, 0.15) is 6.92 Å². The summed E-state index contributed by atoms with van der Waals surface area (Å²) in [6, 6.07) is 12.9. The lowest BCUT2D eigenvalue weighted by Gasteiger charge is -2.18. The Morgan fingerprint density at radius 2 is 1.86 bits per heavy atom. The Morgan fingerprint density at radius 3 is 2.54 bits per heavy atom. The summed E-state index contributed by atoms with van der Waals surface area (Å²) in [6.45, 7) is 2.42. The number of aliphatic imine (C=N–C) groups is 1. The normalized spacial score (nSPS) is 12.1. The van der Waals surface area contributed by atoms with E-state index < -0.39 is 0 Å². The molecule has 0 aliphatic carbocycles. The van der Waals surface area contributed by atoms with Crippen LogP contribution in [0.4, 0.5) is 10.1 Å². The molecule has 2 aromatic rings. The second kappa shape index (κ2) is 10.8. The van der Waals surface area contributed by atoms with Crippen LogP contribution in [0.15, 0.2) is 53.5 Å². The number of benzene rings is 2. The van der Waals surface area contributed by atoms with E-state index in [1.807, 2.05) is 31.2 Å². The zero-order valence-electron chi connectivity index (χ0n) is 16.2. The van der Waals surface area contributed by atoms with Crippen molar-refractivity contribution in [2.75, 3.05) is 32.6 Å². The summed E-state index contributed by atoms with van der Waals surface area (Å²) in [5.74, 6) is 1.27. The summed E-state index contributed by atoms with van der Waals surface area (Å²) >= 11 is 0. The molecule has 0 aliphatic rings. The van der Waals surface area contributed by atoms with Gasteiger partial charge in [0.2, 0.25) is 5.91 Å². The maximum atomic E-state index is 12.9. The average Bonchev–Trinajstić information content (AvgIpc) is 2.70. The molecule has 1 atom stereocenters. The lowest BCUT2D eigenvalue weighted by Crippen LogP contribution is -2.44. The van der Waals surface area contributed by atoms with Crippen molar-refractivity contribution >= 4 is 17.6 Å². The zero-order chi connectivity index (χ0) is 20.4. The second-order valence-electron chi connectivity index (χ2n) is 5.97. The molecule has 3 N–H and O–H groups in total. The van der Waals surface area contributed by atoms with E-state index in [4.69, 9.17) is 9.47 Å². The maximum absolute atomic E-state index is 12.9. The number of carbonyl (C=O) groups is 1. The van der Waals surface area contributed by atoms with E-state index in [9.17, 15) is 9.18 Å². The van der Waals surface area contributed by atoms with Crippen LogP contribution < -0.4 is 25.4 Å². The van der Waals surface area contributed by atoms with E-state index in [1.165, 1.54) is 24.3 Å². The van der Waals surface area contributed by atoms with Gasteiger partial charge >= 0.3 is 0 Å². The van der Waals surface area contributed by atoms with Crippen LogP contribution in [0.5, 0.6) is 11.5 Å². The smallest absolute Gasteiger partial charge is 0.243 e. The topological polar surface area (TPSA) is 84.0 Å². The van der Waals surface area contributed by atoms with E-state index in [2.05, 4.69) is 20.9 Å². The van der Waals surface area contributed by atoms with Crippen molar-refractivity contribution in [3.8, 4) is 11.5 Å². The average molecular weight is 388 g/mol. The minimum Gasteiger partial charge on any atom is -0.497 e. The number of ether oxygens (including phenoxy) is 2. The van der Waals surface area contributed by atoms with Crippen molar-refractivity contribution < 1.29 is 18.7 Å². The first-order valence-electron chi connectivity index (χ1n) is 8.81. The summed E-state index contributed by atoms with van der Waals surface area (Å²) in [4.78, 5) is 16.0. The molecule has 0 fully saturated rings. The zero-order valence-corrected chi connectivity index (χ0v) is 16.2. The number of methoxy groups -OCH3 is 1. The van der Waals surface area contributed by atoms with Crippen molar-refractivity contribution in [2.45, 2.75) is 13.0 Å². The molecule has 0 bridgehead atoms. The van der Waals surface area contributed by atoms with E-state index in [1.54, 1.807) is 14.2 Å². The molecule has 0 saturated carbocycles. The Morgan fingerprint density at radius 1 is 1.14 bits per heavy atom. The highest BCUT2D eigenvalue weighted by Gasteiger charge is 2.08. The molecule has 0 spiro atoms. The molecule has 150 valence electrons. The Hall–Kier alpha value is -3.29. The van der Waals surface area contributed by atoms with Gasteiger partial charge in [0.15, 0.2) is 5.96 Å². The summed E-state index contributed by atoms with van der Waals surface area (Å²) < 4.78 is 23.9. The standard InChI is InChI=1S/C20H25FN4O3/c1-14(28-18-6-4-5-17(11-18)27-3)12-23-20(22-2)24-13-19(26)25-16-9-7-15(21)8-10-16/h4-11,14H,12-13H2,1-3H3,(H,25,26)(H2,22,23,24). The number of halogens is 1. The van der Waals surface area contributed by atoms with Crippen molar-refractivity contribution in [3.05, 3.63) is 54.3 Å². The summed E-state index contributed by atoms with van der Waals surface area (Å²) in [6.07, 6.45) is -0.140. The van der Waals surface area contributed by atoms with Crippen LogP contribution in [-0.4, -0.2) is 45.2 Å². The molecule has 0 saturated heterocycles. The molecule has 1 amide bonds. The number of nitrogens with one attached hydrogen (secondary N) is 3. The van der Waals surface area contributed by atoms with Gasteiger partial charge in [0.25, 0.3) is 0 Å². The van der Waals surface area contributed by atoms with Crippen LogP contribution in [-0.2, 0) is 4.79 Å². The molecule has 0 radical (unpaired) electrons. The van der Waals surface area contributed by atoms with E-state index in [0.717, 1.165) is 5.75 Å². The predicted octanol–water partition coefficient (Wildman–Crippen LogP) is 2.41. The lowest BCUT2D eigenvalue weighted by atomic mass is 10.3. The largest absolute Gasteiger partial charge is 0.497 e. The minimum absolute atomic E-state index is 0.0160. The molecule has 1 unspecified atom stereocenters. The van der Waals surface area contributed by atoms with E-state index >= 15 is 0 Å². The fourth-order valence-corrected chi connectivity index (χ4v) is 2.31. The number of carbonyl (C=O) groups excluding carboxylic acids is 1. The highest BCUT2D eigenvalue weighted by Crippen LogP contribution is 2.19. The molecule has 0 heterocycles. The first-order chi connectivity index (χ1) is 13.5. The SMILES string of the molecule is CN=C(NCC(=O)Nc1ccc(F)cc1)NCC(C)Oc1cccc(OC)c1. The number of amides is 1. The van der Waals surface area contributed by atoms with Gasteiger partial charge in [0.05, 0.1) is 20.2 Å². The number of anilines is 1. The number of nitrogens with zero attached hydrogens (tertiary/aromatic N) is 1. The van der Waals surface area contributed by atoms with E-state index in [-0.39, 0.29) is 24.4 Å². The van der Waals surface area contributed by atoms with Gasteiger partial charge in [0.1, 0.15) is 23.4 Å². The molecule has 2 rings (SSSR count). The first-order valence-corrected chi connectivity index (χ1v) is 8.81. The molecule has 0 aromatic heterocycles. The molecule has 8 heteroatoms. The van der Waals surface area contributed by atoms with Crippen LogP contribution in [0.3, 0.4) is 0 Å². The summed E-state index contributed by atoms with van der Waals surface area (Å²) in [5.41, 5.74) is 0.524. The Balaban J connectivity index is 1.74. The highest BCUT2D eigenvalue weighted by atomic mass is 19.1. The monoisotopic (exact) mass is 388 g/mol.